The van der Waals surface area contributed by atoms with Crippen molar-refractivity contribution in [1.82, 2.24) is 10.2 Å². The van der Waals surface area contributed by atoms with E-state index in [-0.39, 0.29) is 23.9 Å². The molecule has 43 heavy (non-hydrogen) atoms. The van der Waals surface area contributed by atoms with Crippen LogP contribution in [0.25, 0.3) is 0 Å². The molecule has 0 aromatic heterocycles. The molecule has 1 amide bonds. The number of hydrogen-bond donors (Lipinski definition) is 1. The Bertz CT molecular complexity index is 1400. The van der Waals surface area contributed by atoms with Gasteiger partial charge in [0.25, 0.3) is 5.91 Å². The van der Waals surface area contributed by atoms with Crippen molar-refractivity contribution in [2.24, 2.45) is 0 Å². The zero-order chi connectivity index (χ0) is 30.0. The maximum Gasteiger partial charge on any atom is 0.416 e. The number of carbonyl (C=O) groups is 1. The van der Waals surface area contributed by atoms with Gasteiger partial charge in [-0.1, -0.05) is 18.2 Å². The summed E-state index contributed by atoms with van der Waals surface area (Å²) in [4.78, 5) is 17.4. The minimum Gasteiger partial charge on any atom is -0.490 e. The molecule has 6 rings (SSSR count). The first kappa shape index (κ1) is 29.3. The van der Waals surface area contributed by atoms with Crippen LogP contribution in [0.2, 0.25) is 0 Å². The average molecular weight is 598 g/mol. The lowest BCUT2D eigenvalue weighted by atomic mass is 10.0. The number of anilines is 1. The first-order valence-electron chi connectivity index (χ1n) is 14.9. The van der Waals surface area contributed by atoms with Crippen LogP contribution >= 0.6 is 0 Å². The van der Waals surface area contributed by atoms with Crippen molar-refractivity contribution in [2.45, 2.75) is 63.1 Å². The van der Waals surface area contributed by atoms with Gasteiger partial charge in [0.1, 0.15) is 23.4 Å². The smallest absolute Gasteiger partial charge is 0.416 e. The molecule has 3 heterocycles. The van der Waals surface area contributed by atoms with E-state index in [9.17, 15) is 22.4 Å². The zero-order valence-corrected chi connectivity index (χ0v) is 23.8. The summed E-state index contributed by atoms with van der Waals surface area (Å²) in [5.74, 6) is 1.00. The summed E-state index contributed by atoms with van der Waals surface area (Å²) in [6.07, 6.45) is -1.23. The molecular formula is C33H35F4N3O3. The second-order valence-corrected chi connectivity index (χ2v) is 11.6. The predicted molar refractivity (Wildman–Crippen MR) is 155 cm³/mol. The van der Waals surface area contributed by atoms with E-state index < -0.39 is 17.8 Å². The van der Waals surface area contributed by atoms with Crippen LogP contribution in [0.15, 0.2) is 66.7 Å². The number of nitrogens with one attached hydrogen (secondary N) is 1. The highest BCUT2D eigenvalue weighted by molar-refractivity contribution is 5.82. The molecule has 10 heteroatoms. The maximum absolute atomic E-state index is 13.2. The van der Waals surface area contributed by atoms with Crippen molar-refractivity contribution < 1.29 is 31.8 Å². The van der Waals surface area contributed by atoms with E-state index in [1.807, 2.05) is 30.3 Å². The molecule has 0 aliphatic carbocycles. The van der Waals surface area contributed by atoms with Crippen molar-refractivity contribution in [2.75, 3.05) is 31.1 Å². The second kappa shape index (κ2) is 12.4. The SMILES string of the molecule is O=C(NC1CCN(Cc2ccc(F)cc2)CC1)C1Cc2ccc(OC3CCN(c4ccc(C(F)(F)F)cc4)CC3)cc2O1. The van der Waals surface area contributed by atoms with Crippen LogP contribution in [0.5, 0.6) is 11.5 Å². The van der Waals surface area contributed by atoms with E-state index in [0.29, 0.717) is 31.0 Å². The molecule has 3 aliphatic rings. The summed E-state index contributed by atoms with van der Waals surface area (Å²) in [5.41, 5.74) is 2.18. The molecule has 1 atom stereocenters. The van der Waals surface area contributed by atoms with Crippen molar-refractivity contribution in [1.29, 1.82) is 0 Å². The molecule has 2 fully saturated rings. The Balaban J connectivity index is 0.942. The number of nitrogens with zero attached hydrogens (tertiary/aromatic N) is 2. The fourth-order valence-corrected chi connectivity index (χ4v) is 6.09. The first-order valence-corrected chi connectivity index (χ1v) is 14.9. The molecule has 228 valence electrons. The molecule has 3 aromatic carbocycles. The van der Waals surface area contributed by atoms with Gasteiger partial charge < -0.3 is 19.7 Å². The Morgan fingerprint density at radius 3 is 2.28 bits per heavy atom. The second-order valence-electron chi connectivity index (χ2n) is 11.6. The van der Waals surface area contributed by atoms with Gasteiger partial charge in [-0.15, -0.1) is 0 Å². The van der Waals surface area contributed by atoms with Gasteiger partial charge in [0, 0.05) is 69.8 Å². The molecule has 1 N–H and O–H groups in total. The molecule has 3 aromatic rings. The number of ether oxygens (including phenoxy) is 2. The quantitative estimate of drug-likeness (QED) is 0.340. The minimum atomic E-state index is -4.34. The average Bonchev–Trinajstić information content (AvgIpc) is 3.43. The summed E-state index contributed by atoms with van der Waals surface area (Å²) < 4.78 is 64.0. The molecule has 0 radical (unpaired) electrons. The van der Waals surface area contributed by atoms with Crippen molar-refractivity contribution in [3.63, 3.8) is 0 Å². The largest absolute Gasteiger partial charge is 0.490 e. The lowest BCUT2D eigenvalue weighted by molar-refractivity contribution is -0.137. The van der Waals surface area contributed by atoms with Gasteiger partial charge in [-0.2, -0.15) is 13.2 Å². The van der Waals surface area contributed by atoms with E-state index in [0.717, 1.165) is 74.3 Å². The predicted octanol–water partition coefficient (Wildman–Crippen LogP) is 5.98. The van der Waals surface area contributed by atoms with Crippen molar-refractivity contribution in [3.05, 3.63) is 89.2 Å². The third-order valence-corrected chi connectivity index (χ3v) is 8.56. The molecule has 6 nitrogen and oxygen atoms in total. The molecule has 1 unspecified atom stereocenters. The first-order chi connectivity index (χ1) is 20.7. The highest BCUT2D eigenvalue weighted by Gasteiger charge is 2.33. The van der Waals surface area contributed by atoms with Gasteiger partial charge in [-0.05, 0) is 66.4 Å². The summed E-state index contributed by atoms with van der Waals surface area (Å²) in [5, 5.41) is 3.16. The topological polar surface area (TPSA) is 54.0 Å². The third kappa shape index (κ3) is 7.24. The number of piperidine rings is 2. The van der Waals surface area contributed by atoms with Crippen LogP contribution in [-0.4, -0.2) is 55.2 Å². The van der Waals surface area contributed by atoms with Crippen LogP contribution < -0.4 is 19.7 Å². The Morgan fingerprint density at radius 1 is 0.907 bits per heavy atom. The highest BCUT2D eigenvalue weighted by Crippen LogP contribution is 2.35. The number of amides is 1. The fraction of sp³-hybridized carbons (Fsp3) is 0.424. The summed E-state index contributed by atoms with van der Waals surface area (Å²) >= 11 is 0. The summed E-state index contributed by atoms with van der Waals surface area (Å²) in [6.45, 7) is 3.86. The van der Waals surface area contributed by atoms with E-state index >= 15 is 0 Å². The van der Waals surface area contributed by atoms with Gasteiger partial charge in [0.15, 0.2) is 6.10 Å². The van der Waals surface area contributed by atoms with Gasteiger partial charge in [0.05, 0.1) is 5.56 Å². The molecule has 0 bridgehead atoms. The summed E-state index contributed by atoms with van der Waals surface area (Å²) in [6, 6.07) is 17.7. The highest BCUT2D eigenvalue weighted by atomic mass is 19.4. The van der Waals surface area contributed by atoms with E-state index in [1.54, 1.807) is 0 Å². The van der Waals surface area contributed by atoms with E-state index in [2.05, 4.69) is 15.1 Å². The van der Waals surface area contributed by atoms with E-state index in [4.69, 9.17) is 9.47 Å². The zero-order valence-electron chi connectivity index (χ0n) is 23.8. The summed E-state index contributed by atoms with van der Waals surface area (Å²) in [7, 11) is 0. The Labute approximate surface area is 248 Å². The number of likely N-dealkylation sites (tertiary alicyclic amines) is 1. The standard InChI is InChI=1S/C33H35F4N3O3/c34-25-6-1-22(2-7-25)21-39-15-11-26(12-16-39)38-32(41)31-19-23-3-10-29(20-30(23)43-31)42-28-13-17-40(18-14-28)27-8-4-24(5-9-27)33(35,36)37/h1-10,20,26,28,31H,11-19,21H2,(H,38,41). The lowest BCUT2D eigenvalue weighted by Gasteiger charge is -2.34. The number of alkyl halides is 3. The van der Waals surface area contributed by atoms with Crippen molar-refractivity contribution in [3.8, 4) is 11.5 Å². The van der Waals surface area contributed by atoms with Crippen molar-refractivity contribution >= 4 is 11.6 Å². The number of halogens is 4. The normalized spacial score (nSPS) is 20.0. The van der Waals surface area contributed by atoms with Gasteiger partial charge >= 0.3 is 6.18 Å². The van der Waals surface area contributed by atoms with Gasteiger partial charge in [-0.25, -0.2) is 4.39 Å². The number of benzene rings is 3. The molecular weight excluding hydrogens is 562 g/mol. The number of fused-ring (bicyclic) bond motifs is 1. The van der Waals surface area contributed by atoms with Crippen LogP contribution in [0, 0.1) is 5.82 Å². The maximum atomic E-state index is 13.2. The Kier molecular flexibility index (Phi) is 8.47. The Hall–Kier alpha value is -3.79. The molecule has 2 saturated heterocycles. The molecule has 0 saturated carbocycles. The van der Waals surface area contributed by atoms with Gasteiger partial charge in [-0.3, -0.25) is 9.69 Å². The fourth-order valence-electron chi connectivity index (χ4n) is 6.09. The van der Waals surface area contributed by atoms with Crippen LogP contribution in [-0.2, 0) is 23.9 Å². The van der Waals surface area contributed by atoms with Gasteiger partial charge in [0.2, 0.25) is 0 Å². The molecule has 0 spiro atoms. The monoisotopic (exact) mass is 597 g/mol. The van der Waals surface area contributed by atoms with Crippen LogP contribution in [0.3, 0.4) is 0 Å². The minimum absolute atomic E-state index is 0.0156. The number of carbonyl (C=O) groups excluding carboxylic acids is 1. The molecule has 3 aliphatic heterocycles. The van der Waals surface area contributed by atoms with Crippen LogP contribution in [0.4, 0.5) is 23.2 Å². The van der Waals surface area contributed by atoms with E-state index in [1.165, 1.54) is 24.3 Å². The number of rotatable bonds is 7. The Morgan fingerprint density at radius 2 is 1.60 bits per heavy atom. The van der Waals surface area contributed by atoms with Crippen LogP contribution in [0.1, 0.15) is 42.4 Å². The third-order valence-electron chi connectivity index (χ3n) is 8.56. The number of hydrogen-bond acceptors (Lipinski definition) is 5. The lowest BCUT2D eigenvalue weighted by Crippen LogP contribution is -2.48.